The molecule has 0 atom stereocenters. The Morgan fingerprint density at radius 2 is 2.00 bits per heavy atom. The number of nitrogens with zero attached hydrogens (tertiary/aromatic N) is 4. The third-order valence-corrected chi connectivity index (χ3v) is 5.06. The molecule has 0 amide bonds. The van der Waals surface area contributed by atoms with Gasteiger partial charge in [0.25, 0.3) is 5.56 Å². The molecule has 0 saturated carbocycles. The number of aryl methyl sites for hydroxylation is 1. The minimum Gasteiger partial charge on any atom is -0.493 e. The van der Waals surface area contributed by atoms with Crippen LogP contribution in [0, 0.1) is 12.7 Å². The highest BCUT2D eigenvalue weighted by atomic mass is 32.2. The summed E-state index contributed by atoms with van der Waals surface area (Å²) in [4.78, 5) is 12.6. The van der Waals surface area contributed by atoms with Gasteiger partial charge in [-0.25, -0.2) is 4.39 Å². The summed E-state index contributed by atoms with van der Waals surface area (Å²) < 4.78 is 25.9. The summed E-state index contributed by atoms with van der Waals surface area (Å²) in [6.45, 7) is 3.93. The lowest BCUT2D eigenvalue weighted by Gasteiger charge is -2.10. The second-order valence-corrected chi connectivity index (χ2v) is 7.10. The van der Waals surface area contributed by atoms with Crippen molar-refractivity contribution in [3.63, 3.8) is 0 Å². The van der Waals surface area contributed by atoms with E-state index >= 15 is 0 Å². The zero-order valence-corrected chi connectivity index (χ0v) is 17.6. The summed E-state index contributed by atoms with van der Waals surface area (Å²) in [5.41, 5.74) is 1.04. The molecule has 0 fully saturated rings. The second kappa shape index (κ2) is 10.0. The molecule has 0 aliphatic carbocycles. The number of methoxy groups -OCH3 is 1. The molecule has 3 aromatic rings. The van der Waals surface area contributed by atoms with Gasteiger partial charge < -0.3 is 9.47 Å². The summed E-state index contributed by atoms with van der Waals surface area (Å²) in [7, 11) is 1.57. The molecule has 0 aliphatic rings. The third kappa shape index (κ3) is 5.04. The van der Waals surface area contributed by atoms with Gasteiger partial charge in [-0.15, -0.1) is 10.2 Å². The summed E-state index contributed by atoms with van der Waals surface area (Å²) >= 11 is 1.18. The Morgan fingerprint density at radius 3 is 2.73 bits per heavy atom. The molecule has 0 radical (unpaired) electrons. The zero-order chi connectivity index (χ0) is 21.5. The Balaban J connectivity index is 1.90. The van der Waals surface area contributed by atoms with Crippen LogP contribution in [0.25, 0.3) is 0 Å². The smallest absolute Gasteiger partial charge is 0.296 e. The lowest BCUT2D eigenvalue weighted by atomic mass is 10.2. The summed E-state index contributed by atoms with van der Waals surface area (Å²) in [6.07, 6.45) is 1.53. The second-order valence-electron chi connectivity index (χ2n) is 6.15. The number of halogens is 1. The molecule has 0 N–H and O–H groups in total. The van der Waals surface area contributed by atoms with Crippen LogP contribution in [0.4, 0.5) is 4.39 Å². The minimum absolute atomic E-state index is 0.215. The van der Waals surface area contributed by atoms with Gasteiger partial charge in [0.05, 0.1) is 19.9 Å². The summed E-state index contributed by atoms with van der Waals surface area (Å²) in [6, 6.07) is 11.8. The van der Waals surface area contributed by atoms with E-state index in [2.05, 4.69) is 15.3 Å². The highest BCUT2D eigenvalue weighted by molar-refractivity contribution is 7.98. The van der Waals surface area contributed by atoms with Gasteiger partial charge in [-0.3, -0.25) is 4.79 Å². The van der Waals surface area contributed by atoms with Gasteiger partial charge in [0.15, 0.2) is 11.5 Å². The monoisotopic (exact) mass is 428 g/mol. The molecule has 0 saturated heterocycles. The van der Waals surface area contributed by atoms with Crippen molar-refractivity contribution in [2.24, 2.45) is 5.10 Å². The van der Waals surface area contributed by atoms with Crippen molar-refractivity contribution in [3.05, 3.63) is 75.5 Å². The van der Waals surface area contributed by atoms with Crippen molar-refractivity contribution in [3.8, 4) is 11.5 Å². The van der Waals surface area contributed by atoms with E-state index in [-0.39, 0.29) is 22.4 Å². The molecule has 1 heterocycles. The number of hydrogen-bond acceptors (Lipinski definition) is 7. The van der Waals surface area contributed by atoms with Crippen molar-refractivity contribution >= 4 is 18.0 Å². The van der Waals surface area contributed by atoms with Crippen LogP contribution in [-0.4, -0.2) is 34.8 Å². The highest BCUT2D eigenvalue weighted by Crippen LogP contribution is 2.27. The molecule has 7 nitrogen and oxygen atoms in total. The van der Waals surface area contributed by atoms with Crippen LogP contribution in [0.3, 0.4) is 0 Å². The number of hydrogen-bond donors (Lipinski definition) is 0. The number of ether oxygens (including phenoxy) is 2. The van der Waals surface area contributed by atoms with E-state index in [4.69, 9.17) is 9.47 Å². The van der Waals surface area contributed by atoms with Crippen molar-refractivity contribution < 1.29 is 13.9 Å². The first kappa shape index (κ1) is 21.5. The maximum Gasteiger partial charge on any atom is 0.296 e. The van der Waals surface area contributed by atoms with Gasteiger partial charge in [-0.2, -0.15) is 9.78 Å². The van der Waals surface area contributed by atoms with E-state index in [0.717, 1.165) is 0 Å². The van der Waals surface area contributed by atoms with Crippen LogP contribution < -0.4 is 15.0 Å². The number of aromatic nitrogens is 3. The quantitative estimate of drug-likeness (QED) is 0.402. The van der Waals surface area contributed by atoms with Crippen LogP contribution >= 0.6 is 11.8 Å². The minimum atomic E-state index is -0.393. The van der Waals surface area contributed by atoms with Crippen molar-refractivity contribution in [2.45, 2.75) is 24.8 Å². The van der Waals surface area contributed by atoms with Crippen LogP contribution in [-0.2, 0) is 5.75 Å². The average Bonchev–Trinajstić information content (AvgIpc) is 2.75. The number of benzene rings is 2. The average molecular weight is 428 g/mol. The first-order valence-corrected chi connectivity index (χ1v) is 10.2. The fraction of sp³-hybridized carbons (Fsp3) is 0.238. The van der Waals surface area contributed by atoms with Crippen molar-refractivity contribution in [1.82, 2.24) is 14.9 Å². The summed E-state index contributed by atoms with van der Waals surface area (Å²) in [5.74, 6) is 1.16. The van der Waals surface area contributed by atoms with E-state index in [0.29, 0.717) is 29.2 Å². The standard InChI is InChI=1S/C21H21FN4O3S/c1-4-29-19-11-15(9-10-18(19)28-3)12-23-26-20(27)14(2)24-25-21(26)30-13-16-7-5-6-8-17(16)22/h5-12H,4,13H2,1-3H3. The van der Waals surface area contributed by atoms with E-state index in [1.54, 1.807) is 50.4 Å². The molecule has 0 unspecified atom stereocenters. The molecule has 2 aromatic carbocycles. The van der Waals surface area contributed by atoms with Gasteiger partial charge >= 0.3 is 0 Å². The molecule has 3 rings (SSSR count). The first-order chi connectivity index (χ1) is 14.5. The molecule has 1 aromatic heterocycles. The zero-order valence-electron chi connectivity index (χ0n) is 16.8. The molecule has 0 bridgehead atoms. The Kier molecular flexibility index (Phi) is 7.18. The predicted octanol–water partition coefficient (Wildman–Crippen LogP) is 3.67. The Labute approximate surface area is 177 Å². The van der Waals surface area contributed by atoms with Gasteiger partial charge in [-0.05, 0) is 49.2 Å². The van der Waals surface area contributed by atoms with Crippen molar-refractivity contribution in [2.75, 3.05) is 13.7 Å². The van der Waals surface area contributed by atoms with Crippen LogP contribution in [0.2, 0.25) is 0 Å². The molecule has 0 aliphatic heterocycles. The van der Waals surface area contributed by atoms with Crippen LogP contribution in [0.5, 0.6) is 11.5 Å². The maximum atomic E-state index is 13.9. The number of thioether (sulfide) groups is 1. The molecule has 30 heavy (non-hydrogen) atoms. The lowest BCUT2D eigenvalue weighted by molar-refractivity contribution is 0.311. The Morgan fingerprint density at radius 1 is 1.20 bits per heavy atom. The van der Waals surface area contributed by atoms with E-state index < -0.39 is 5.56 Å². The van der Waals surface area contributed by atoms with Gasteiger partial charge in [0, 0.05) is 5.75 Å². The normalized spacial score (nSPS) is 11.1. The van der Waals surface area contributed by atoms with Gasteiger partial charge in [-0.1, -0.05) is 30.0 Å². The van der Waals surface area contributed by atoms with E-state index in [1.807, 2.05) is 6.92 Å². The fourth-order valence-electron chi connectivity index (χ4n) is 2.56. The third-order valence-electron chi connectivity index (χ3n) is 4.09. The molecular weight excluding hydrogens is 407 g/mol. The molecule has 156 valence electrons. The molecule has 9 heteroatoms. The van der Waals surface area contributed by atoms with Gasteiger partial charge in [0.2, 0.25) is 5.16 Å². The van der Waals surface area contributed by atoms with Gasteiger partial charge in [0.1, 0.15) is 11.5 Å². The SMILES string of the molecule is CCOc1cc(C=Nn2c(SCc3ccccc3F)nnc(C)c2=O)ccc1OC. The topological polar surface area (TPSA) is 78.6 Å². The van der Waals surface area contributed by atoms with Crippen molar-refractivity contribution in [1.29, 1.82) is 0 Å². The highest BCUT2D eigenvalue weighted by Gasteiger charge is 2.11. The molecular formula is C21H21FN4O3S. The maximum absolute atomic E-state index is 13.9. The largest absolute Gasteiger partial charge is 0.493 e. The predicted molar refractivity (Wildman–Crippen MR) is 114 cm³/mol. The fourth-order valence-corrected chi connectivity index (χ4v) is 3.43. The number of rotatable bonds is 8. The Bertz CT molecular complexity index is 1120. The lowest BCUT2D eigenvalue weighted by Crippen LogP contribution is -2.23. The Hall–Kier alpha value is -3.20. The van der Waals surface area contributed by atoms with Crippen LogP contribution in [0.1, 0.15) is 23.7 Å². The van der Waals surface area contributed by atoms with Crippen LogP contribution in [0.15, 0.2) is 57.5 Å². The van der Waals surface area contributed by atoms with E-state index in [1.165, 1.54) is 28.7 Å². The first-order valence-electron chi connectivity index (χ1n) is 9.21. The van der Waals surface area contributed by atoms with E-state index in [9.17, 15) is 9.18 Å². The summed E-state index contributed by atoms with van der Waals surface area (Å²) in [5, 5.41) is 12.5. The molecule has 0 spiro atoms.